The minimum atomic E-state index is -4.44. The number of allylic oxidation sites excluding steroid dienone is 1. The van der Waals surface area contributed by atoms with Crippen molar-refractivity contribution in [2.75, 3.05) is 0 Å². The Balaban J connectivity index is 2.46. The van der Waals surface area contributed by atoms with E-state index in [9.17, 15) is 13.2 Å². The number of hydrogen-bond acceptors (Lipinski definition) is 1. The Bertz CT molecular complexity index is 647. The molecule has 0 saturated heterocycles. The van der Waals surface area contributed by atoms with Crippen LogP contribution < -0.4 is 0 Å². The summed E-state index contributed by atoms with van der Waals surface area (Å²) in [5, 5.41) is 8.67. The van der Waals surface area contributed by atoms with E-state index in [0.717, 1.165) is 6.08 Å². The Morgan fingerprint density at radius 3 is 2.05 bits per heavy atom. The highest BCUT2D eigenvalue weighted by atomic mass is 19.4. The molecule has 100 valence electrons. The van der Waals surface area contributed by atoms with Gasteiger partial charge in [-0.05, 0) is 29.3 Å². The lowest BCUT2D eigenvalue weighted by atomic mass is 10.0. The van der Waals surface area contributed by atoms with Crippen LogP contribution in [0.3, 0.4) is 0 Å². The lowest BCUT2D eigenvalue weighted by molar-refractivity contribution is -0.0683. The Morgan fingerprint density at radius 1 is 0.950 bits per heavy atom. The van der Waals surface area contributed by atoms with Crippen molar-refractivity contribution in [3.8, 4) is 6.07 Å². The van der Waals surface area contributed by atoms with Crippen LogP contribution in [0.15, 0.2) is 54.6 Å². The predicted octanol–water partition coefficient (Wildman–Crippen LogP) is 4.66. The van der Waals surface area contributed by atoms with Gasteiger partial charge in [-0.15, -0.1) is 0 Å². The summed E-state index contributed by atoms with van der Waals surface area (Å²) in [6, 6.07) is 15.5. The molecule has 0 unspecified atom stereocenters. The monoisotopic (exact) mass is 273 g/mol. The lowest BCUT2D eigenvalue weighted by Gasteiger charge is -2.12. The van der Waals surface area contributed by atoms with E-state index in [1.165, 1.54) is 36.4 Å². The molecule has 0 bridgehead atoms. The third kappa shape index (κ3) is 3.27. The average molecular weight is 273 g/mol. The van der Waals surface area contributed by atoms with Gasteiger partial charge in [-0.1, -0.05) is 42.5 Å². The van der Waals surface area contributed by atoms with Gasteiger partial charge in [0.1, 0.15) is 0 Å². The Kier molecular flexibility index (Phi) is 3.90. The lowest BCUT2D eigenvalue weighted by Crippen LogP contribution is -2.10. The molecule has 1 nitrogen and oxygen atoms in total. The molecule has 0 N–H and O–H groups in total. The molecule has 20 heavy (non-hydrogen) atoms. The van der Waals surface area contributed by atoms with Gasteiger partial charge in [0.05, 0.1) is 17.2 Å². The molecule has 0 atom stereocenters. The fraction of sp³-hybridized carbons (Fsp3) is 0.0625. The molecular weight excluding hydrogens is 263 g/mol. The standard InChI is InChI=1S/C16H10F3N/c17-16(18,19)15(14-4-2-1-3-5-14)10-12-6-8-13(11-20)9-7-12/h1-10H/b15-10+. The van der Waals surface area contributed by atoms with Gasteiger partial charge in [-0.25, -0.2) is 0 Å². The number of nitrogens with zero attached hydrogens (tertiary/aromatic N) is 1. The molecule has 0 amide bonds. The average Bonchev–Trinajstić information content (AvgIpc) is 2.45. The highest BCUT2D eigenvalue weighted by molar-refractivity contribution is 5.84. The molecule has 2 aromatic carbocycles. The SMILES string of the molecule is N#Cc1ccc(/C=C(\c2ccccc2)C(F)(F)F)cc1. The summed E-state index contributed by atoms with van der Waals surface area (Å²) in [5.74, 6) is 0. The number of alkyl halides is 3. The molecule has 0 saturated carbocycles. The van der Waals surface area contributed by atoms with Crippen molar-refractivity contribution in [1.82, 2.24) is 0 Å². The van der Waals surface area contributed by atoms with E-state index in [0.29, 0.717) is 11.1 Å². The third-order valence-corrected chi connectivity index (χ3v) is 2.74. The maximum atomic E-state index is 13.1. The van der Waals surface area contributed by atoms with Gasteiger partial charge in [-0.2, -0.15) is 18.4 Å². The van der Waals surface area contributed by atoms with Crippen LogP contribution in [-0.2, 0) is 0 Å². The number of hydrogen-bond donors (Lipinski definition) is 0. The molecule has 4 heteroatoms. The van der Waals surface area contributed by atoms with Gasteiger partial charge in [0, 0.05) is 0 Å². The zero-order valence-corrected chi connectivity index (χ0v) is 10.4. The first-order valence-corrected chi connectivity index (χ1v) is 5.85. The van der Waals surface area contributed by atoms with Crippen LogP contribution in [0.4, 0.5) is 13.2 Å². The largest absolute Gasteiger partial charge is 0.417 e. The summed E-state index contributed by atoms with van der Waals surface area (Å²) < 4.78 is 39.3. The Morgan fingerprint density at radius 2 is 1.55 bits per heavy atom. The van der Waals surface area contributed by atoms with Crippen molar-refractivity contribution >= 4 is 11.6 Å². The zero-order valence-electron chi connectivity index (χ0n) is 10.4. The fourth-order valence-corrected chi connectivity index (χ4v) is 1.77. The topological polar surface area (TPSA) is 23.8 Å². The highest BCUT2D eigenvalue weighted by Crippen LogP contribution is 2.35. The molecule has 0 radical (unpaired) electrons. The molecule has 0 aromatic heterocycles. The van der Waals surface area contributed by atoms with E-state index in [2.05, 4.69) is 0 Å². The molecule has 0 spiro atoms. The predicted molar refractivity (Wildman–Crippen MR) is 71.5 cm³/mol. The first-order chi connectivity index (χ1) is 9.50. The zero-order chi connectivity index (χ0) is 14.6. The van der Waals surface area contributed by atoms with Gasteiger partial charge in [0.2, 0.25) is 0 Å². The molecular formula is C16H10F3N. The Hall–Kier alpha value is -2.54. The van der Waals surface area contributed by atoms with Crippen molar-refractivity contribution < 1.29 is 13.2 Å². The summed E-state index contributed by atoms with van der Waals surface area (Å²) in [4.78, 5) is 0. The second-order valence-electron chi connectivity index (χ2n) is 4.16. The fourth-order valence-electron chi connectivity index (χ4n) is 1.77. The van der Waals surface area contributed by atoms with Crippen LogP contribution >= 0.6 is 0 Å². The van der Waals surface area contributed by atoms with E-state index in [-0.39, 0.29) is 5.56 Å². The van der Waals surface area contributed by atoms with Gasteiger partial charge < -0.3 is 0 Å². The summed E-state index contributed by atoms with van der Waals surface area (Å²) >= 11 is 0. The maximum Gasteiger partial charge on any atom is 0.417 e. The molecule has 0 aliphatic heterocycles. The van der Waals surface area contributed by atoms with Crippen LogP contribution in [0.1, 0.15) is 16.7 Å². The molecule has 0 aliphatic rings. The van der Waals surface area contributed by atoms with Gasteiger partial charge >= 0.3 is 6.18 Å². The molecule has 0 fully saturated rings. The third-order valence-electron chi connectivity index (χ3n) is 2.74. The van der Waals surface area contributed by atoms with Crippen molar-refractivity contribution in [3.05, 3.63) is 71.3 Å². The normalized spacial score (nSPS) is 12.0. The summed E-state index contributed by atoms with van der Waals surface area (Å²) in [6.07, 6.45) is -3.36. The number of nitriles is 1. The van der Waals surface area contributed by atoms with Crippen molar-refractivity contribution in [2.24, 2.45) is 0 Å². The summed E-state index contributed by atoms with van der Waals surface area (Å²) in [5.41, 5.74) is 0.225. The molecule has 0 aliphatic carbocycles. The van der Waals surface area contributed by atoms with Crippen LogP contribution in [0.25, 0.3) is 11.6 Å². The van der Waals surface area contributed by atoms with Gasteiger partial charge in [-0.3, -0.25) is 0 Å². The van der Waals surface area contributed by atoms with E-state index >= 15 is 0 Å². The van der Waals surface area contributed by atoms with Crippen molar-refractivity contribution in [3.63, 3.8) is 0 Å². The van der Waals surface area contributed by atoms with E-state index < -0.39 is 11.7 Å². The number of halogens is 3. The summed E-state index contributed by atoms with van der Waals surface area (Å²) in [7, 11) is 0. The minimum Gasteiger partial charge on any atom is -0.192 e. The van der Waals surface area contributed by atoms with Crippen LogP contribution in [0, 0.1) is 11.3 Å². The van der Waals surface area contributed by atoms with Gasteiger partial charge in [0.15, 0.2) is 0 Å². The minimum absolute atomic E-state index is 0.115. The van der Waals surface area contributed by atoms with Crippen LogP contribution in [-0.4, -0.2) is 6.18 Å². The second-order valence-corrected chi connectivity index (χ2v) is 4.16. The number of benzene rings is 2. The number of rotatable bonds is 2. The van der Waals surface area contributed by atoms with E-state index in [1.54, 1.807) is 18.2 Å². The van der Waals surface area contributed by atoms with E-state index in [1.807, 2.05) is 6.07 Å². The smallest absolute Gasteiger partial charge is 0.192 e. The first kappa shape index (κ1) is 13.9. The van der Waals surface area contributed by atoms with Crippen LogP contribution in [0.2, 0.25) is 0 Å². The van der Waals surface area contributed by atoms with Crippen molar-refractivity contribution in [1.29, 1.82) is 5.26 Å². The molecule has 2 rings (SSSR count). The Labute approximate surface area is 114 Å². The molecule has 0 heterocycles. The summed E-state index contributed by atoms with van der Waals surface area (Å²) in [6.45, 7) is 0. The highest BCUT2D eigenvalue weighted by Gasteiger charge is 2.34. The van der Waals surface area contributed by atoms with Crippen LogP contribution in [0.5, 0.6) is 0 Å². The second kappa shape index (κ2) is 5.62. The quantitative estimate of drug-likeness (QED) is 0.730. The van der Waals surface area contributed by atoms with Gasteiger partial charge in [0.25, 0.3) is 0 Å². The molecule has 2 aromatic rings. The first-order valence-electron chi connectivity index (χ1n) is 5.85. The van der Waals surface area contributed by atoms with E-state index in [4.69, 9.17) is 5.26 Å². The maximum absolute atomic E-state index is 13.1. The van der Waals surface area contributed by atoms with Crippen molar-refractivity contribution in [2.45, 2.75) is 6.18 Å².